The van der Waals surface area contributed by atoms with Crippen LogP contribution in [0.1, 0.15) is 27.0 Å². The molecule has 0 fully saturated rings. The summed E-state index contributed by atoms with van der Waals surface area (Å²) < 4.78 is 0. The number of nitrogens with two attached hydrogens (primary N) is 1. The number of nitrogen functional groups attached to an aromatic ring is 1. The Morgan fingerprint density at radius 2 is 1.80 bits per heavy atom. The number of benzene rings is 2. The van der Waals surface area contributed by atoms with Gasteiger partial charge in [0.15, 0.2) is 5.78 Å². The van der Waals surface area contributed by atoms with Crippen molar-refractivity contribution in [3.05, 3.63) is 64.7 Å². The molecule has 2 aromatic carbocycles. The van der Waals surface area contributed by atoms with E-state index in [2.05, 4.69) is 0 Å². The maximum atomic E-state index is 12.4. The van der Waals surface area contributed by atoms with Crippen molar-refractivity contribution in [2.75, 3.05) is 5.73 Å². The number of carbonyl (C=O) groups is 2. The zero-order valence-electron chi connectivity index (χ0n) is 11.1. The van der Waals surface area contributed by atoms with Gasteiger partial charge in [0.05, 0.1) is 6.42 Å². The second-order valence-corrected chi connectivity index (χ2v) is 4.65. The number of aliphatic carboxylic acids is 1. The highest BCUT2D eigenvalue weighted by molar-refractivity contribution is 6.12. The molecule has 0 amide bonds. The highest BCUT2D eigenvalue weighted by atomic mass is 16.4. The first-order chi connectivity index (χ1) is 9.49. The lowest BCUT2D eigenvalue weighted by atomic mass is 9.95. The minimum Gasteiger partial charge on any atom is -0.481 e. The molecule has 0 aliphatic rings. The van der Waals surface area contributed by atoms with Crippen molar-refractivity contribution in [1.82, 2.24) is 0 Å². The molecule has 102 valence electrons. The summed E-state index contributed by atoms with van der Waals surface area (Å²) in [5.41, 5.74) is 8.37. The monoisotopic (exact) mass is 269 g/mol. The fourth-order valence-electron chi connectivity index (χ4n) is 2.11. The van der Waals surface area contributed by atoms with Crippen molar-refractivity contribution in [2.24, 2.45) is 0 Å². The van der Waals surface area contributed by atoms with Crippen molar-refractivity contribution < 1.29 is 14.7 Å². The number of carboxylic acids is 1. The van der Waals surface area contributed by atoms with Gasteiger partial charge in [0, 0.05) is 16.8 Å². The Kier molecular flexibility index (Phi) is 3.84. The van der Waals surface area contributed by atoms with Crippen LogP contribution in [0.25, 0.3) is 0 Å². The van der Waals surface area contributed by atoms with E-state index < -0.39 is 5.97 Å². The van der Waals surface area contributed by atoms with Crippen LogP contribution in [0.5, 0.6) is 0 Å². The molecule has 0 aliphatic carbocycles. The number of anilines is 1. The van der Waals surface area contributed by atoms with E-state index >= 15 is 0 Å². The molecular formula is C16H15NO3. The standard InChI is InChI=1S/C16H15NO3/c1-10-7-12(9-14(18)19)15(17)13(8-10)16(20)11-5-3-2-4-6-11/h2-8H,9,17H2,1H3,(H,18,19). The van der Waals surface area contributed by atoms with Gasteiger partial charge in [-0.25, -0.2) is 0 Å². The van der Waals surface area contributed by atoms with Crippen LogP contribution in [0.3, 0.4) is 0 Å². The average Bonchev–Trinajstić information content (AvgIpc) is 2.42. The predicted molar refractivity (Wildman–Crippen MR) is 76.8 cm³/mol. The molecule has 20 heavy (non-hydrogen) atoms. The molecule has 0 unspecified atom stereocenters. The largest absolute Gasteiger partial charge is 0.481 e. The van der Waals surface area contributed by atoms with Crippen LogP contribution >= 0.6 is 0 Å². The molecule has 0 saturated carbocycles. The van der Waals surface area contributed by atoms with E-state index in [0.717, 1.165) is 5.56 Å². The molecule has 0 atom stereocenters. The summed E-state index contributed by atoms with van der Waals surface area (Å²) in [6.45, 7) is 1.81. The molecule has 0 bridgehead atoms. The second kappa shape index (κ2) is 5.57. The third kappa shape index (κ3) is 2.85. The molecule has 0 aliphatic heterocycles. The van der Waals surface area contributed by atoms with Crippen molar-refractivity contribution >= 4 is 17.4 Å². The molecule has 4 nitrogen and oxygen atoms in total. The fraction of sp³-hybridized carbons (Fsp3) is 0.125. The molecular weight excluding hydrogens is 254 g/mol. The highest BCUT2D eigenvalue weighted by Crippen LogP contribution is 2.23. The molecule has 2 rings (SSSR count). The highest BCUT2D eigenvalue weighted by Gasteiger charge is 2.16. The van der Waals surface area contributed by atoms with Gasteiger partial charge in [-0.1, -0.05) is 36.4 Å². The Labute approximate surface area is 116 Å². The minimum absolute atomic E-state index is 0.192. The van der Waals surface area contributed by atoms with Crippen molar-refractivity contribution in [1.29, 1.82) is 0 Å². The fourth-order valence-corrected chi connectivity index (χ4v) is 2.11. The predicted octanol–water partition coefficient (Wildman–Crippen LogP) is 2.44. The van der Waals surface area contributed by atoms with Gasteiger partial charge in [0.25, 0.3) is 0 Å². The van der Waals surface area contributed by atoms with Crippen LogP contribution in [-0.4, -0.2) is 16.9 Å². The number of hydrogen-bond donors (Lipinski definition) is 2. The van der Waals surface area contributed by atoms with Crippen molar-refractivity contribution in [2.45, 2.75) is 13.3 Å². The molecule has 0 spiro atoms. The molecule has 0 radical (unpaired) electrons. The zero-order valence-corrected chi connectivity index (χ0v) is 11.1. The van der Waals surface area contributed by atoms with Crippen molar-refractivity contribution in [3.63, 3.8) is 0 Å². The Hall–Kier alpha value is -2.62. The van der Waals surface area contributed by atoms with E-state index in [1.165, 1.54) is 0 Å². The number of ketones is 1. The SMILES string of the molecule is Cc1cc(CC(=O)O)c(N)c(C(=O)c2ccccc2)c1. The van der Waals surface area contributed by atoms with Crippen LogP contribution in [0.2, 0.25) is 0 Å². The molecule has 0 heterocycles. The molecule has 2 aromatic rings. The van der Waals surface area contributed by atoms with E-state index in [4.69, 9.17) is 10.8 Å². The summed E-state index contributed by atoms with van der Waals surface area (Å²) in [5.74, 6) is -1.17. The van der Waals surface area contributed by atoms with E-state index in [9.17, 15) is 9.59 Å². The average molecular weight is 269 g/mol. The third-order valence-corrected chi connectivity index (χ3v) is 3.03. The van der Waals surface area contributed by atoms with Crippen molar-refractivity contribution in [3.8, 4) is 0 Å². The summed E-state index contributed by atoms with van der Waals surface area (Å²) in [6.07, 6.45) is -0.192. The lowest BCUT2D eigenvalue weighted by molar-refractivity contribution is -0.136. The second-order valence-electron chi connectivity index (χ2n) is 4.65. The number of rotatable bonds is 4. The normalized spacial score (nSPS) is 10.2. The lowest BCUT2D eigenvalue weighted by Crippen LogP contribution is -2.11. The van der Waals surface area contributed by atoms with Gasteiger partial charge < -0.3 is 10.8 Å². The number of aryl methyl sites for hydroxylation is 1. The summed E-state index contributed by atoms with van der Waals surface area (Å²) in [7, 11) is 0. The Morgan fingerprint density at radius 3 is 2.40 bits per heavy atom. The quantitative estimate of drug-likeness (QED) is 0.660. The van der Waals surface area contributed by atoms with Gasteiger partial charge in [-0.05, 0) is 24.1 Å². The molecule has 0 saturated heterocycles. The van der Waals surface area contributed by atoms with E-state index in [1.54, 1.807) is 36.4 Å². The first-order valence-corrected chi connectivity index (χ1v) is 6.19. The number of carboxylic acid groups (broad SMARTS) is 1. The number of hydrogen-bond acceptors (Lipinski definition) is 3. The number of carbonyl (C=O) groups excluding carboxylic acids is 1. The van der Waals surface area contributed by atoms with Crippen LogP contribution in [0.15, 0.2) is 42.5 Å². The van der Waals surface area contributed by atoms with E-state index in [-0.39, 0.29) is 17.9 Å². The molecule has 3 N–H and O–H groups in total. The summed E-state index contributed by atoms with van der Waals surface area (Å²) in [4.78, 5) is 23.3. The summed E-state index contributed by atoms with van der Waals surface area (Å²) in [5, 5.41) is 8.89. The van der Waals surface area contributed by atoms with Crippen LogP contribution in [0.4, 0.5) is 5.69 Å². The van der Waals surface area contributed by atoms with Gasteiger partial charge >= 0.3 is 5.97 Å². The molecule has 0 aromatic heterocycles. The first kappa shape index (κ1) is 13.8. The van der Waals surface area contributed by atoms with E-state index in [1.807, 2.05) is 13.0 Å². The van der Waals surface area contributed by atoms with Gasteiger partial charge in [-0.15, -0.1) is 0 Å². The van der Waals surface area contributed by atoms with Gasteiger partial charge in [-0.3, -0.25) is 9.59 Å². The lowest BCUT2D eigenvalue weighted by Gasteiger charge is -2.11. The minimum atomic E-state index is -0.972. The summed E-state index contributed by atoms with van der Waals surface area (Å²) >= 11 is 0. The Bertz CT molecular complexity index is 663. The van der Waals surface area contributed by atoms with E-state index in [0.29, 0.717) is 16.7 Å². The van der Waals surface area contributed by atoms with Crippen LogP contribution in [-0.2, 0) is 11.2 Å². The Morgan fingerprint density at radius 1 is 1.15 bits per heavy atom. The van der Waals surface area contributed by atoms with Gasteiger partial charge in [0.1, 0.15) is 0 Å². The van der Waals surface area contributed by atoms with Crippen LogP contribution in [0, 0.1) is 6.92 Å². The van der Waals surface area contributed by atoms with Gasteiger partial charge in [-0.2, -0.15) is 0 Å². The van der Waals surface area contributed by atoms with Gasteiger partial charge in [0.2, 0.25) is 0 Å². The maximum Gasteiger partial charge on any atom is 0.307 e. The Balaban J connectivity index is 2.49. The summed E-state index contributed by atoms with van der Waals surface area (Å²) in [6, 6.07) is 12.2. The smallest absolute Gasteiger partial charge is 0.307 e. The molecule has 4 heteroatoms. The topological polar surface area (TPSA) is 80.4 Å². The van der Waals surface area contributed by atoms with Crippen LogP contribution < -0.4 is 5.73 Å². The zero-order chi connectivity index (χ0) is 14.7. The first-order valence-electron chi connectivity index (χ1n) is 6.19. The third-order valence-electron chi connectivity index (χ3n) is 3.03. The maximum absolute atomic E-state index is 12.4.